The van der Waals surface area contributed by atoms with E-state index in [2.05, 4.69) is 40.4 Å². The van der Waals surface area contributed by atoms with E-state index in [1.165, 1.54) is 0 Å². The molecule has 0 aliphatic rings. The summed E-state index contributed by atoms with van der Waals surface area (Å²) < 4.78 is 29.1. The molecule has 0 heterocycles. The van der Waals surface area contributed by atoms with Crippen molar-refractivity contribution in [3.05, 3.63) is 12.7 Å². The van der Waals surface area contributed by atoms with Gasteiger partial charge in [0, 0.05) is 6.16 Å². The Balaban J connectivity index is 4.87. The highest BCUT2D eigenvalue weighted by Crippen LogP contribution is 2.50. The lowest BCUT2D eigenvalue weighted by atomic mass is 10.2. The van der Waals surface area contributed by atoms with Gasteiger partial charge in [-0.1, -0.05) is 34.3 Å². The minimum Gasteiger partial charge on any atom is -0.389 e. The lowest BCUT2D eigenvalue weighted by Crippen LogP contribution is -2.44. The molecule has 0 aromatic rings. The lowest BCUT2D eigenvalue weighted by Gasteiger charge is -2.38. The van der Waals surface area contributed by atoms with Crippen molar-refractivity contribution in [3.63, 3.8) is 0 Å². The summed E-state index contributed by atoms with van der Waals surface area (Å²) >= 11 is 0. The molecular formula is C13H29O4PSi. The molecule has 114 valence electrons. The molecule has 0 fully saturated rings. The molecule has 0 saturated carbocycles. The first-order chi connectivity index (χ1) is 8.51. The van der Waals surface area contributed by atoms with Gasteiger partial charge in [-0.3, -0.25) is 9.09 Å². The van der Waals surface area contributed by atoms with Crippen molar-refractivity contribution in [2.75, 3.05) is 12.8 Å². The second-order valence-electron chi connectivity index (χ2n) is 5.93. The highest BCUT2D eigenvalue weighted by atomic mass is 31.2. The third kappa shape index (κ3) is 5.92. The van der Waals surface area contributed by atoms with Crippen molar-refractivity contribution in [1.82, 2.24) is 0 Å². The summed E-state index contributed by atoms with van der Waals surface area (Å²) in [5.41, 5.74) is 0. The van der Waals surface area contributed by atoms with Crippen molar-refractivity contribution in [3.8, 4) is 0 Å². The highest BCUT2D eigenvalue weighted by Gasteiger charge is 2.40. The molecule has 0 N–H and O–H groups in total. The van der Waals surface area contributed by atoms with Gasteiger partial charge in [-0.2, -0.15) is 0 Å². The van der Waals surface area contributed by atoms with Gasteiger partial charge in [0.2, 0.25) is 0 Å². The molecule has 0 aliphatic carbocycles. The van der Waals surface area contributed by atoms with Crippen LogP contribution in [0.1, 0.15) is 34.6 Å². The van der Waals surface area contributed by atoms with Crippen molar-refractivity contribution in [1.29, 1.82) is 0 Å². The van der Waals surface area contributed by atoms with Gasteiger partial charge in [-0.05, 0) is 31.1 Å². The molecule has 0 amide bonds. The van der Waals surface area contributed by atoms with E-state index in [1.54, 1.807) is 19.9 Å². The summed E-state index contributed by atoms with van der Waals surface area (Å²) in [5.74, 6) is 0. The maximum atomic E-state index is 12.3. The quantitative estimate of drug-likeness (QED) is 0.280. The minimum absolute atomic E-state index is 0.0550. The zero-order valence-corrected chi connectivity index (χ0v) is 15.3. The number of rotatable bonds is 8. The first-order valence-corrected chi connectivity index (χ1v) is 11.4. The second kappa shape index (κ2) is 7.18. The molecule has 0 saturated heterocycles. The fourth-order valence-electron chi connectivity index (χ4n) is 1.13. The monoisotopic (exact) mass is 308 g/mol. The predicted molar refractivity (Wildman–Crippen MR) is 83.1 cm³/mol. The fraction of sp³-hybridized carbons (Fsp3) is 0.846. The van der Waals surface area contributed by atoms with Crippen molar-refractivity contribution in [2.24, 2.45) is 0 Å². The summed E-state index contributed by atoms with van der Waals surface area (Å²) in [4.78, 5) is 0. The molecule has 6 heteroatoms. The molecule has 0 spiro atoms. The molecule has 19 heavy (non-hydrogen) atoms. The van der Waals surface area contributed by atoms with E-state index in [0.717, 1.165) is 0 Å². The normalized spacial score (nSPS) is 17.8. The Kier molecular flexibility index (Phi) is 7.21. The molecule has 0 aliphatic heterocycles. The number of hydrogen-bond donors (Lipinski definition) is 0. The van der Waals surface area contributed by atoms with E-state index in [4.69, 9.17) is 13.5 Å². The van der Waals surface area contributed by atoms with Crippen LogP contribution in [-0.2, 0) is 18.0 Å². The smallest absolute Gasteiger partial charge is 0.332 e. The Labute approximate surface area is 119 Å². The zero-order valence-electron chi connectivity index (χ0n) is 13.4. The van der Waals surface area contributed by atoms with Crippen LogP contribution in [0.15, 0.2) is 12.7 Å². The van der Waals surface area contributed by atoms with Crippen LogP contribution < -0.4 is 0 Å². The topological polar surface area (TPSA) is 44.8 Å². The van der Waals surface area contributed by atoms with Gasteiger partial charge < -0.3 is 8.95 Å². The minimum atomic E-state index is -3.09. The Morgan fingerprint density at radius 2 is 1.84 bits per heavy atom. The molecule has 0 aromatic heterocycles. The van der Waals surface area contributed by atoms with Gasteiger partial charge in [0.15, 0.2) is 14.6 Å². The maximum absolute atomic E-state index is 12.3. The van der Waals surface area contributed by atoms with Crippen LogP contribution in [-0.4, -0.2) is 27.4 Å². The molecule has 2 atom stereocenters. The summed E-state index contributed by atoms with van der Waals surface area (Å²) in [5, 5.41) is 0.0550. The molecule has 0 radical (unpaired) electrons. The van der Waals surface area contributed by atoms with Gasteiger partial charge in [0.1, 0.15) is 0 Å². The third-order valence-corrected chi connectivity index (χ3v) is 9.78. The van der Waals surface area contributed by atoms with Crippen LogP contribution in [0.25, 0.3) is 0 Å². The summed E-state index contributed by atoms with van der Waals surface area (Å²) in [6.45, 7) is 18.3. The SMILES string of the molecule is C=CC(O[Si](C)(C)C(C)(C)C)OP(=O)(CC)OCC. The first-order valence-electron chi connectivity index (χ1n) is 6.73. The predicted octanol–water partition coefficient (Wildman–Crippen LogP) is 4.79. The fourth-order valence-corrected chi connectivity index (χ4v) is 3.52. The van der Waals surface area contributed by atoms with E-state index in [9.17, 15) is 4.57 Å². The summed E-state index contributed by atoms with van der Waals surface area (Å²) in [6, 6.07) is 0. The van der Waals surface area contributed by atoms with E-state index >= 15 is 0 Å². The van der Waals surface area contributed by atoms with Crippen LogP contribution in [0.3, 0.4) is 0 Å². The molecule has 0 bridgehead atoms. The summed E-state index contributed by atoms with van der Waals surface area (Å²) in [6.07, 6.45) is 1.19. The average Bonchev–Trinajstić information content (AvgIpc) is 2.26. The summed E-state index contributed by atoms with van der Waals surface area (Å²) in [7, 11) is -5.08. The van der Waals surface area contributed by atoms with Gasteiger partial charge in [-0.25, -0.2) is 0 Å². The standard InChI is InChI=1S/C13H29O4PSi/c1-9-12(16-18(14,11-3)15-10-2)17-19(7,8)13(4,5)6/h9,12H,1,10-11H2,2-8H3. The molecule has 0 rings (SSSR count). The van der Waals surface area contributed by atoms with Crippen molar-refractivity contribution < 1.29 is 18.0 Å². The van der Waals surface area contributed by atoms with Gasteiger partial charge in [0.05, 0.1) is 6.61 Å². The van der Waals surface area contributed by atoms with Gasteiger partial charge >= 0.3 is 7.60 Å². The zero-order chi connectivity index (χ0) is 15.3. The average molecular weight is 308 g/mol. The van der Waals surface area contributed by atoms with Crippen LogP contribution >= 0.6 is 7.60 Å². The molecule has 4 nitrogen and oxygen atoms in total. The third-order valence-electron chi connectivity index (χ3n) is 3.39. The van der Waals surface area contributed by atoms with Crippen LogP contribution in [0, 0.1) is 0 Å². The van der Waals surface area contributed by atoms with E-state index < -0.39 is 22.2 Å². The van der Waals surface area contributed by atoms with Gasteiger partial charge in [-0.15, -0.1) is 0 Å². The Hall–Kier alpha value is 0.0669. The van der Waals surface area contributed by atoms with Crippen LogP contribution in [0.5, 0.6) is 0 Å². The molecular weight excluding hydrogens is 279 g/mol. The van der Waals surface area contributed by atoms with E-state index in [-0.39, 0.29) is 5.04 Å². The number of hydrogen-bond acceptors (Lipinski definition) is 4. The van der Waals surface area contributed by atoms with Crippen LogP contribution in [0.2, 0.25) is 18.1 Å². The Morgan fingerprint density at radius 3 is 2.16 bits per heavy atom. The lowest BCUT2D eigenvalue weighted by molar-refractivity contribution is 0.0211. The molecule has 2 unspecified atom stereocenters. The maximum Gasteiger partial charge on any atom is 0.332 e. The largest absolute Gasteiger partial charge is 0.389 e. The van der Waals surface area contributed by atoms with Gasteiger partial charge in [0.25, 0.3) is 0 Å². The van der Waals surface area contributed by atoms with Crippen LogP contribution in [0.4, 0.5) is 0 Å². The van der Waals surface area contributed by atoms with Crippen molar-refractivity contribution in [2.45, 2.75) is 59.0 Å². The molecule has 0 aromatic carbocycles. The Bertz CT molecular complexity index is 336. The van der Waals surface area contributed by atoms with E-state index in [0.29, 0.717) is 12.8 Å². The van der Waals surface area contributed by atoms with E-state index in [1.807, 2.05) is 0 Å². The van der Waals surface area contributed by atoms with Crippen molar-refractivity contribution >= 4 is 15.9 Å². The Morgan fingerprint density at radius 1 is 1.32 bits per heavy atom. The second-order valence-corrected chi connectivity index (χ2v) is 13.0. The first kappa shape index (κ1) is 19.1. The highest BCUT2D eigenvalue weighted by molar-refractivity contribution is 7.53.